The number of likely N-dealkylation sites (tertiary alicyclic amines) is 2. The number of piperidine rings is 2. The van der Waals surface area contributed by atoms with Gasteiger partial charge in [-0.15, -0.1) is 0 Å². The number of anilines is 4. The van der Waals surface area contributed by atoms with E-state index in [-0.39, 0.29) is 11.8 Å². The van der Waals surface area contributed by atoms with Crippen LogP contribution in [0.2, 0.25) is 0 Å². The Balaban J connectivity index is 1.10. The lowest BCUT2D eigenvalue weighted by atomic mass is 10.0. The predicted octanol–water partition coefficient (Wildman–Crippen LogP) is 8.57. The van der Waals surface area contributed by atoms with Crippen molar-refractivity contribution < 1.29 is 9.59 Å². The molecule has 0 aromatic heterocycles. The van der Waals surface area contributed by atoms with Gasteiger partial charge in [-0.3, -0.25) is 19.4 Å². The van der Waals surface area contributed by atoms with Gasteiger partial charge in [0.25, 0.3) is 0 Å². The van der Waals surface area contributed by atoms with Gasteiger partial charge in [-0.1, -0.05) is 49.2 Å². The first-order valence-electron chi connectivity index (χ1n) is 17.9. The van der Waals surface area contributed by atoms with Crippen LogP contribution in [0.25, 0.3) is 22.2 Å². The van der Waals surface area contributed by atoms with Crippen LogP contribution in [0.4, 0.5) is 22.7 Å². The van der Waals surface area contributed by atoms with Gasteiger partial charge in [0.1, 0.15) is 11.4 Å². The Morgan fingerprint density at radius 1 is 0.558 bits per heavy atom. The summed E-state index contributed by atoms with van der Waals surface area (Å²) in [6.45, 7) is 4.62. The first kappa shape index (κ1) is 36.1. The van der Waals surface area contributed by atoms with E-state index in [1.54, 1.807) is 12.4 Å². The summed E-state index contributed by atoms with van der Waals surface area (Å²) in [6.07, 6.45) is 10.3. The monoisotopic (exact) mass is 698 g/mol. The number of carbonyl (C=O) groups excluding carboxylic acids is 2. The van der Waals surface area contributed by atoms with Crippen LogP contribution in [0.5, 0.6) is 0 Å². The quantitative estimate of drug-likeness (QED) is 0.0723. The van der Waals surface area contributed by atoms with Crippen LogP contribution in [0, 0.1) is 11.1 Å². The number of nitrogens with one attached hydrogen (secondary N) is 6. The van der Waals surface area contributed by atoms with Crippen molar-refractivity contribution in [3.05, 3.63) is 108 Å². The largest absolute Gasteiger partial charge is 0.360 e. The minimum absolute atomic E-state index is 0.0305. The van der Waals surface area contributed by atoms with Crippen molar-refractivity contribution in [1.29, 1.82) is 11.1 Å². The fourth-order valence-electron chi connectivity index (χ4n) is 6.64. The molecule has 2 aliphatic rings. The molecule has 0 spiro atoms. The average molecular weight is 699 g/mol. The summed E-state index contributed by atoms with van der Waals surface area (Å²) < 4.78 is 0. The van der Waals surface area contributed by atoms with Gasteiger partial charge < -0.3 is 21.3 Å². The van der Waals surface area contributed by atoms with Gasteiger partial charge in [0.15, 0.2) is 0 Å². The van der Waals surface area contributed by atoms with Gasteiger partial charge in [0.2, 0.25) is 11.8 Å². The number of fused-ring (bicyclic) bond motifs is 1. The van der Waals surface area contributed by atoms with E-state index in [1.807, 2.05) is 84.9 Å². The van der Waals surface area contributed by atoms with Crippen molar-refractivity contribution >= 4 is 56.7 Å². The van der Waals surface area contributed by atoms with Crippen LogP contribution in [-0.4, -0.2) is 60.9 Å². The van der Waals surface area contributed by atoms with Crippen LogP contribution in [0.3, 0.4) is 0 Å². The van der Waals surface area contributed by atoms with Crippen molar-refractivity contribution in [3.63, 3.8) is 0 Å². The maximum Gasteiger partial charge on any atom is 0.238 e. The molecule has 2 saturated heterocycles. The lowest BCUT2D eigenvalue weighted by Crippen LogP contribution is -2.36. The molecule has 4 aromatic rings. The van der Waals surface area contributed by atoms with Crippen LogP contribution in [0.1, 0.15) is 49.7 Å². The minimum Gasteiger partial charge on any atom is -0.360 e. The highest BCUT2D eigenvalue weighted by Gasteiger charge is 2.15. The molecule has 2 aliphatic heterocycles. The molecule has 52 heavy (non-hydrogen) atoms. The van der Waals surface area contributed by atoms with Crippen molar-refractivity contribution in [1.82, 2.24) is 9.80 Å². The predicted molar refractivity (Wildman–Crippen MR) is 208 cm³/mol. The SMILES string of the molecule is N=N/C(=C\Nc1cccc(NC(=O)CN2CCCCC2)c1)c1ccc2ccc(/C(=C/Nc3cccc(NC(=O)CN4CCCCC4)c3)N=N)cc2c1. The van der Waals surface area contributed by atoms with Crippen LogP contribution >= 0.6 is 0 Å². The maximum atomic E-state index is 12.6. The Hall–Kier alpha value is -5.72. The van der Waals surface area contributed by atoms with Crippen LogP contribution in [-0.2, 0) is 9.59 Å². The highest BCUT2D eigenvalue weighted by molar-refractivity contribution is 5.94. The third-order valence-electron chi connectivity index (χ3n) is 9.35. The standard InChI is InChI=1S/C40H46N10O2/c41-47-37(25-43-33-9-7-11-35(23-33)45-39(51)27-49-17-3-1-4-18-49)30-15-13-29-14-16-31(22-32(29)21-30)38(48-42)26-44-34-10-8-12-36(24-34)46-40(52)28-50-19-5-2-6-20-50/h7-16,21-26,41-44H,1-6,17-20,27-28H2,(H,45,51)(H,46,52)/b37-25-,38-26-,47-41?,48-42?. The molecule has 268 valence electrons. The summed E-state index contributed by atoms with van der Waals surface area (Å²) in [5.41, 5.74) is 21.0. The van der Waals surface area contributed by atoms with Crippen molar-refractivity contribution in [2.45, 2.75) is 38.5 Å². The zero-order valence-corrected chi connectivity index (χ0v) is 29.3. The highest BCUT2D eigenvalue weighted by atomic mass is 16.2. The van der Waals surface area contributed by atoms with Gasteiger partial charge in [-0.25, -0.2) is 11.1 Å². The molecule has 2 amide bonds. The summed E-state index contributed by atoms with van der Waals surface area (Å²) in [6, 6.07) is 26.6. The van der Waals surface area contributed by atoms with Crippen molar-refractivity contribution in [3.8, 4) is 0 Å². The molecule has 4 aromatic carbocycles. The van der Waals surface area contributed by atoms with Gasteiger partial charge in [-0.2, -0.15) is 10.2 Å². The summed E-state index contributed by atoms with van der Waals surface area (Å²) >= 11 is 0. The normalized spacial score (nSPS) is 15.8. The third kappa shape index (κ3) is 10.2. The van der Waals surface area contributed by atoms with Crippen molar-refractivity contribution in [2.24, 2.45) is 10.2 Å². The molecule has 6 rings (SSSR count). The number of amides is 2. The third-order valence-corrected chi connectivity index (χ3v) is 9.35. The summed E-state index contributed by atoms with van der Waals surface area (Å²) in [5, 5.41) is 21.9. The zero-order valence-electron chi connectivity index (χ0n) is 29.3. The molecule has 0 radical (unpaired) electrons. The Morgan fingerprint density at radius 3 is 1.40 bits per heavy atom. The number of carbonyl (C=O) groups is 2. The van der Waals surface area contributed by atoms with Gasteiger partial charge >= 0.3 is 0 Å². The van der Waals surface area contributed by atoms with Crippen LogP contribution < -0.4 is 21.3 Å². The Bertz CT molecular complexity index is 1820. The Morgan fingerprint density at radius 2 is 0.981 bits per heavy atom. The van der Waals surface area contributed by atoms with Gasteiger partial charge in [0, 0.05) is 46.3 Å². The topological polar surface area (TPSA) is 161 Å². The Kier molecular flexibility index (Phi) is 12.5. The lowest BCUT2D eigenvalue weighted by Gasteiger charge is -2.25. The highest BCUT2D eigenvalue weighted by Crippen LogP contribution is 2.27. The number of hydrogen-bond donors (Lipinski definition) is 6. The van der Waals surface area contributed by atoms with Gasteiger partial charge in [0.05, 0.1) is 13.1 Å². The molecule has 0 aliphatic carbocycles. The number of benzene rings is 4. The zero-order chi connectivity index (χ0) is 36.1. The molecule has 0 unspecified atom stereocenters. The molecule has 2 heterocycles. The second-order valence-corrected chi connectivity index (χ2v) is 13.3. The number of rotatable bonds is 14. The molecule has 12 nitrogen and oxygen atoms in total. The minimum atomic E-state index is -0.0305. The van der Waals surface area contributed by atoms with E-state index < -0.39 is 0 Å². The molecular formula is C40H46N10O2. The molecule has 2 fully saturated rings. The molecule has 0 atom stereocenters. The molecule has 0 saturated carbocycles. The van der Waals surface area contributed by atoms with E-state index in [2.05, 4.69) is 41.3 Å². The second-order valence-electron chi connectivity index (χ2n) is 13.3. The Labute approximate surface area is 304 Å². The van der Waals surface area contributed by atoms with E-state index in [4.69, 9.17) is 11.1 Å². The van der Waals surface area contributed by atoms with Gasteiger partial charge in [-0.05, 0) is 111 Å². The van der Waals surface area contributed by atoms with E-state index >= 15 is 0 Å². The van der Waals surface area contributed by atoms with E-state index in [0.717, 1.165) is 85.1 Å². The summed E-state index contributed by atoms with van der Waals surface area (Å²) in [4.78, 5) is 29.6. The van der Waals surface area contributed by atoms with Crippen molar-refractivity contribution in [2.75, 3.05) is 60.5 Å². The molecule has 6 N–H and O–H groups in total. The smallest absolute Gasteiger partial charge is 0.238 e. The number of nitrogens with zero attached hydrogens (tertiary/aromatic N) is 4. The lowest BCUT2D eigenvalue weighted by molar-refractivity contribution is -0.118. The first-order chi connectivity index (χ1) is 25.4. The second kappa shape index (κ2) is 18.0. The fourth-order valence-corrected chi connectivity index (χ4v) is 6.64. The maximum absolute atomic E-state index is 12.6. The summed E-state index contributed by atoms with van der Waals surface area (Å²) in [5.74, 6) is -0.0610. The van der Waals surface area contributed by atoms with E-state index in [9.17, 15) is 9.59 Å². The number of hydrogen-bond acceptors (Lipinski definition) is 10. The molecule has 0 bridgehead atoms. The molecule has 12 heteroatoms. The average Bonchev–Trinajstić information content (AvgIpc) is 3.16. The fraction of sp³-hybridized carbons (Fsp3) is 0.300. The van der Waals surface area contributed by atoms with E-state index in [0.29, 0.717) is 35.9 Å². The summed E-state index contributed by atoms with van der Waals surface area (Å²) in [7, 11) is 0. The molecular weight excluding hydrogens is 653 g/mol. The first-order valence-corrected chi connectivity index (χ1v) is 17.9. The van der Waals surface area contributed by atoms with E-state index in [1.165, 1.54) is 12.8 Å². The van der Waals surface area contributed by atoms with Crippen LogP contribution in [0.15, 0.2) is 108 Å².